The van der Waals surface area contributed by atoms with Crippen molar-refractivity contribution < 1.29 is 5.11 Å². The van der Waals surface area contributed by atoms with E-state index in [1.165, 1.54) is 18.5 Å². The van der Waals surface area contributed by atoms with E-state index in [2.05, 4.69) is 29.4 Å². The Morgan fingerprint density at radius 1 is 1.31 bits per heavy atom. The molecule has 1 aliphatic heterocycles. The lowest BCUT2D eigenvalue weighted by Gasteiger charge is -2.12. The third-order valence-corrected chi connectivity index (χ3v) is 3.19. The lowest BCUT2D eigenvalue weighted by Crippen LogP contribution is -2.30. The minimum atomic E-state index is 0.126. The molecule has 1 aliphatic rings. The molecule has 0 aromatic heterocycles. The maximum absolute atomic E-state index is 8.94. The molecule has 1 aromatic carbocycles. The van der Waals surface area contributed by atoms with Gasteiger partial charge in [0.1, 0.15) is 0 Å². The molecule has 3 heteroatoms. The average Bonchev–Trinajstić information content (AvgIpc) is 2.73. The number of benzene rings is 1. The largest absolute Gasteiger partial charge is 0.392 e. The maximum atomic E-state index is 8.94. The van der Waals surface area contributed by atoms with Gasteiger partial charge in [-0.05, 0) is 31.1 Å². The van der Waals surface area contributed by atoms with Gasteiger partial charge >= 0.3 is 0 Å². The molecule has 2 rings (SSSR count). The summed E-state index contributed by atoms with van der Waals surface area (Å²) in [6.07, 6.45) is 1.24. The third-order valence-electron chi connectivity index (χ3n) is 3.19. The van der Waals surface area contributed by atoms with Crippen LogP contribution >= 0.6 is 0 Å². The molecule has 0 amide bonds. The van der Waals surface area contributed by atoms with Crippen LogP contribution in [0.15, 0.2) is 24.3 Å². The number of aliphatic hydroxyl groups is 1. The summed E-state index contributed by atoms with van der Waals surface area (Å²) in [5.74, 6) is 0. The molecule has 1 unspecified atom stereocenters. The van der Waals surface area contributed by atoms with Crippen LogP contribution < -0.4 is 5.32 Å². The topological polar surface area (TPSA) is 35.5 Å². The summed E-state index contributed by atoms with van der Waals surface area (Å²) in [7, 11) is 2.16. The zero-order valence-corrected chi connectivity index (χ0v) is 9.82. The van der Waals surface area contributed by atoms with E-state index < -0.39 is 0 Å². The van der Waals surface area contributed by atoms with Crippen molar-refractivity contribution in [1.29, 1.82) is 0 Å². The molecular weight excluding hydrogens is 200 g/mol. The van der Waals surface area contributed by atoms with Gasteiger partial charge in [-0.25, -0.2) is 0 Å². The molecule has 88 valence electrons. The second kappa shape index (κ2) is 5.43. The molecule has 0 saturated carbocycles. The van der Waals surface area contributed by atoms with Gasteiger partial charge in [-0.1, -0.05) is 24.3 Å². The Kier molecular flexibility index (Phi) is 3.93. The lowest BCUT2D eigenvalue weighted by molar-refractivity contribution is 0.282. The monoisotopic (exact) mass is 220 g/mol. The molecule has 1 saturated heterocycles. The summed E-state index contributed by atoms with van der Waals surface area (Å²) < 4.78 is 0. The summed E-state index contributed by atoms with van der Waals surface area (Å²) in [5.41, 5.74) is 2.26. The number of nitrogens with zero attached hydrogens (tertiary/aromatic N) is 1. The van der Waals surface area contributed by atoms with Gasteiger partial charge < -0.3 is 15.3 Å². The van der Waals surface area contributed by atoms with Gasteiger partial charge in [-0.15, -0.1) is 0 Å². The Hall–Kier alpha value is -0.900. The molecule has 1 aromatic rings. The van der Waals surface area contributed by atoms with Crippen molar-refractivity contribution in [2.75, 3.05) is 20.1 Å². The molecule has 1 heterocycles. The highest BCUT2D eigenvalue weighted by atomic mass is 16.3. The van der Waals surface area contributed by atoms with Crippen LogP contribution in [0.1, 0.15) is 17.5 Å². The summed E-state index contributed by atoms with van der Waals surface area (Å²) in [4.78, 5) is 2.35. The van der Waals surface area contributed by atoms with Gasteiger partial charge in [-0.3, -0.25) is 0 Å². The average molecular weight is 220 g/mol. The number of likely N-dealkylation sites (tertiary alicyclic amines) is 1. The third kappa shape index (κ3) is 3.04. The first-order chi connectivity index (χ1) is 7.78. The van der Waals surface area contributed by atoms with Crippen LogP contribution in [-0.4, -0.2) is 36.2 Å². The number of hydrogen-bond acceptors (Lipinski definition) is 3. The standard InChI is InChI=1S/C13H20N2O/c1-15-7-6-13(9-15)14-8-11-2-4-12(10-16)5-3-11/h2-5,13-14,16H,6-10H2,1H3. The van der Waals surface area contributed by atoms with Crippen LogP contribution in [0.4, 0.5) is 0 Å². The molecule has 1 atom stereocenters. The van der Waals surface area contributed by atoms with E-state index in [0.29, 0.717) is 6.04 Å². The number of rotatable bonds is 4. The van der Waals surface area contributed by atoms with Crippen molar-refractivity contribution in [1.82, 2.24) is 10.2 Å². The fraction of sp³-hybridized carbons (Fsp3) is 0.538. The fourth-order valence-electron chi connectivity index (χ4n) is 2.13. The molecule has 2 N–H and O–H groups in total. The van der Waals surface area contributed by atoms with Crippen molar-refractivity contribution in [3.05, 3.63) is 35.4 Å². The minimum Gasteiger partial charge on any atom is -0.392 e. The van der Waals surface area contributed by atoms with Crippen LogP contribution in [-0.2, 0) is 13.2 Å². The van der Waals surface area contributed by atoms with Crippen LogP contribution in [0.3, 0.4) is 0 Å². The minimum absolute atomic E-state index is 0.126. The molecule has 0 aliphatic carbocycles. The van der Waals surface area contributed by atoms with Crippen LogP contribution in [0.5, 0.6) is 0 Å². The van der Waals surface area contributed by atoms with Gasteiger partial charge in [-0.2, -0.15) is 0 Å². The number of hydrogen-bond donors (Lipinski definition) is 2. The first kappa shape index (κ1) is 11.6. The number of nitrogens with one attached hydrogen (secondary N) is 1. The van der Waals surface area contributed by atoms with Gasteiger partial charge in [0, 0.05) is 19.1 Å². The van der Waals surface area contributed by atoms with E-state index in [4.69, 9.17) is 5.11 Å². The fourth-order valence-corrected chi connectivity index (χ4v) is 2.13. The molecule has 0 bridgehead atoms. The predicted molar refractivity (Wildman–Crippen MR) is 65.1 cm³/mol. The highest BCUT2D eigenvalue weighted by Gasteiger charge is 2.18. The zero-order valence-electron chi connectivity index (χ0n) is 9.82. The molecule has 1 fully saturated rings. The Labute approximate surface area is 97.1 Å². The summed E-state index contributed by atoms with van der Waals surface area (Å²) in [5, 5.41) is 12.5. The van der Waals surface area contributed by atoms with Gasteiger partial charge in [0.25, 0.3) is 0 Å². The van der Waals surface area contributed by atoms with Crippen LogP contribution in [0.25, 0.3) is 0 Å². The smallest absolute Gasteiger partial charge is 0.0681 e. The first-order valence-electron chi connectivity index (χ1n) is 5.88. The molecule has 0 spiro atoms. The van der Waals surface area contributed by atoms with E-state index in [1.807, 2.05) is 12.1 Å². The van der Waals surface area contributed by atoms with Gasteiger partial charge in [0.15, 0.2) is 0 Å². The molecule has 3 nitrogen and oxygen atoms in total. The van der Waals surface area contributed by atoms with E-state index in [9.17, 15) is 0 Å². The van der Waals surface area contributed by atoms with Crippen molar-refractivity contribution in [3.8, 4) is 0 Å². The van der Waals surface area contributed by atoms with Crippen LogP contribution in [0, 0.1) is 0 Å². The van der Waals surface area contributed by atoms with Crippen LogP contribution in [0.2, 0.25) is 0 Å². The predicted octanol–water partition coefficient (Wildman–Crippen LogP) is 0.973. The Bertz CT molecular complexity index is 323. The van der Waals surface area contributed by atoms with Crippen molar-refractivity contribution >= 4 is 0 Å². The van der Waals surface area contributed by atoms with E-state index in [1.54, 1.807) is 0 Å². The molecular formula is C13H20N2O. The van der Waals surface area contributed by atoms with E-state index in [0.717, 1.165) is 18.7 Å². The second-order valence-electron chi connectivity index (χ2n) is 4.60. The summed E-state index contributed by atoms with van der Waals surface area (Å²) in [6, 6.07) is 8.76. The van der Waals surface area contributed by atoms with Crippen molar-refractivity contribution in [2.24, 2.45) is 0 Å². The normalized spacial score (nSPS) is 21.5. The Morgan fingerprint density at radius 2 is 2.00 bits per heavy atom. The van der Waals surface area contributed by atoms with Crippen molar-refractivity contribution in [3.63, 3.8) is 0 Å². The Morgan fingerprint density at radius 3 is 2.56 bits per heavy atom. The Balaban J connectivity index is 1.80. The number of aliphatic hydroxyl groups excluding tert-OH is 1. The van der Waals surface area contributed by atoms with Gasteiger partial charge in [0.2, 0.25) is 0 Å². The number of likely N-dealkylation sites (N-methyl/N-ethyl adjacent to an activating group) is 1. The SMILES string of the molecule is CN1CCC(NCc2ccc(CO)cc2)C1. The highest BCUT2D eigenvalue weighted by Crippen LogP contribution is 2.08. The first-order valence-corrected chi connectivity index (χ1v) is 5.88. The van der Waals surface area contributed by atoms with E-state index in [-0.39, 0.29) is 6.61 Å². The van der Waals surface area contributed by atoms with E-state index >= 15 is 0 Å². The summed E-state index contributed by atoms with van der Waals surface area (Å²) >= 11 is 0. The molecule has 0 radical (unpaired) electrons. The van der Waals surface area contributed by atoms with Crippen molar-refractivity contribution in [2.45, 2.75) is 25.6 Å². The zero-order chi connectivity index (χ0) is 11.4. The summed E-state index contributed by atoms with van der Waals surface area (Å²) in [6.45, 7) is 3.39. The molecule has 16 heavy (non-hydrogen) atoms. The quantitative estimate of drug-likeness (QED) is 0.794. The highest BCUT2D eigenvalue weighted by molar-refractivity contribution is 5.21. The lowest BCUT2D eigenvalue weighted by atomic mass is 10.1. The van der Waals surface area contributed by atoms with Gasteiger partial charge in [0.05, 0.1) is 6.61 Å². The second-order valence-corrected chi connectivity index (χ2v) is 4.60. The maximum Gasteiger partial charge on any atom is 0.0681 e.